The number of aromatic nitrogens is 4. The first kappa shape index (κ1) is 21.3. The lowest BCUT2D eigenvalue weighted by atomic mass is 10.0. The van der Waals surface area contributed by atoms with Crippen LogP contribution >= 0.6 is 11.3 Å². The fourth-order valence-electron chi connectivity index (χ4n) is 4.18. The van der Waals surface area contributed by atoms with Crippen molar-refractivity contribution >= 4 is 39.2 Å². The number of anilines is 2. The third-order valence-electron chi connectivity index (χ3n) is 6.00. The average Bonchev–Trinajstić information content (AvgIpc) is 3.54. The Balaban J connectivity index is 1.47. The molecule has 174 valence electrons. The van der Waals surface area contributed by atoms with Crippen LogP contribution in [0.25, 0.3) is 27.0 Å². The Morgan fingerprint density at radius 3 is 2.66 bits per heavy atom. The molecule has 0 aliphatic heterocycles. The molecular formula is C26H22N6O2S. The van der Waals surface area contributed by atoms with Gasteiger partial charge in [0.25, 0.3) is 5.91 Å². The number of nitrogens with zero attached hydrogens (tertiary/aromatic N) is 4. The highest BCUT2D eigenvalue weighted by atomic mass is 32.1. The van der Waals surface area contributed by atoms with E-state index in [1.807, 2.05) is 59.3 Å². The molecule has 3 aromatic heterocycles. The van der Waals surface area contributed by atoms with Gasteiger partial charge in [-0.3, -0.25) is 4.79 Å². The number of nitrogens with one attached hydrogen (secondary N) is 1. The Hall–Kier alpha value is -4.24. The zero-order valence-corrected chi connectivity index (χ0v) is 19.7. The number of amides is 1. The van der Waals surface area contributed by atoms with Gasteiger partial charge in [-0.25, -0.2) is 14.6 Å². The fraction of sp³-hybridized carbons (Fsp3) is 0.154. The number of carbonyl (C=O) groups is 1. The topological polar surface area (TPSA) is 108 Å². The summed E-state index contributed by atoms with van der Waals surface area (Å²) in [7, 11) is 1.60. The summed E-state index contributed by atoms with van der Waals surface area (Å²) in [6.45, 7) is 0. The molecule has 1 aliphatic rings. The lowest BCUT2D eigenvalue weighted by molar-refractivity contribution is 0.100. The second-order valence-electron chi connectivity index (χ2n) is 8.38. The molecule has 1 saturated carbocycles. The van der Waals surface area contributed by atoms with Gasteiger partial charge in [-0.2, -0.15) is 5.10 Å². The van der Waals surface area contributed by atoms with E-state index in [-0.39, 0.29) is 0 Å². The van der Waals surface area contributed by atoms with E-state index in [9.17, 15) is 4.79 Å². The predicted octanol–water partition coefficient (Wildman–Crippen LogP) is 5.27. The molecule has 6 rings (SSSR count). The molecule has 1 aliphatic carbocycles. The van der Waals surface area contributed by atoms with Crippen molar-refractivity contribution in [1.29, 1.82) is 0 Å². The maximum Gasteiger partial charge on any atom is 0.259 e. The number of nitrogens with two attached hydrogens (primary N) is 1. The van der Waals surface area contributed by atoms with E-state index in [2.05, 4.69) is 16.4 Å². The van der Waals surface area contributed by atoms with Crippen LogP contribution in [0.3, 0.4) is 0 Å². The Kier molecular flexibility index (Phi) is 5.18. The van der Waals surface area contributed by atoms with Crippen molar-refractivity contribution in [2.24, 2.45) is 5.73 Å². The SMILES string of the molecule is COc1ccccc1-c1c(C(N)=O)sc2cnc(Nc3cc(C4CC4)nn3-c3ccccc3)nc12. The van der Waals surface area contributed by atoms with Gasteiger partial charge in [-0.15, -0.1) is 11.3 Å². The Morgan fingerprint density at radius 2 is 1.91 bits per heavy atom. The summed E-state index contributed by atoms with van der Waals surface area (Å²) >= 11 is 1.28. The zero-order valence-electron chi connectivity index (χ0n) is 18.9. The summed E-state index contributed by atoms with van der Waals surface area (Å²) in [5.41, 5.74) is 9.79. The first-order valence-electron chi connectivity index (χ1n) is 11.3. The molecule has 8 nitrogen and oxygen atoms in total. The smallest absolute Gasteiger partial charge is 0.259 e. The van der Waals surface area contributed by atoms with Crippen LogP contribution in [0.2, 0.25) is 0 Å². The maximum absolute atomic E-state index is 12.3. The summed E-state index contributed by atoms with van der Waals surface area (Å²) < 4.78 is 8.20. The van der Waals surface area contributed by atoms with E-state index in [1.165, 1.54) is 11.3 Å². The number of rotatable bonds is 7. The number of primary amides is 1. The second-order valence-corrected chi connectivity index (χ2v) is 9.43. The minimum absolute atomic E-state index is 0.405. The molecule has 2 aromatic carbocycles. The van der Waals surface area contributed by atoms with E-state index in [0.717, 1.165) is 40.3 Å². The minimum atomic E-state index is -0.514. The number of ether oxygens (including phenoxy) is 1. The van der Waals surface area contributed by atoms with Gasteiger partial charge in [0.1, 0.15) is 16.4 Å². The largest absolute Gasteiger partial charge is 0.496 e. The average molecular weight is 483 g/mol. The molecule has 0 spiro atoms. The molecule has 0 unspecified atom stereocenters. The van der Waals surface area contributed by atoms with Crippen LogP contribution in [0.15, 0.2) is 66.9 Å². The Morgan fingerprint density at radius 1 is 1.14 bits per heavy atom. The monoisotopic (exact) mass is 482 g/mol. The Labute approximate surface area is 205 Å². The summed E-state index contributed by atoms with van der Waals surface area (Å²) in [6.07, 6.45) is 4.02. The zero-order chi connectivity index (χ0) is 23.9. The fourth-order valence-corrected chi connectivity index (χ4v) is 5.15. The molecule has 0 bridgehead atoms. The predicted molar refractivity (Wildman–Crippen MR) is 137 cm³/mol. The summed E-state index contributed by atoms with van der Waals surface area (Å²) in [5, 5.41) is 8.19. The van der Waals surface area contributed by atoms with Gasteiger partial charge in [0.15, 0.2) is 0 Å². The quantitative estimate of drug-likeness (QED) is 0.327. The molecule has 9 heteroatoms. The van der Waals surface area contributed by atoms with Crippen molar-refractivity contribution in [3.8, 4) is 22.6 Å². The molecule has 1 amide bonds. The van der Waals surface area contributed by atoms with Crippen LogP contribution in [0.1, 0.15) is 34.1 Å². The van der Waals surface area contributed by atoms with Crippen LogP contribution in [-0.2, 0) is 0 Å². The van der Waals surface area contributed by atoms with Gasteiger partial charge >= 0.3 is 0 Å². The number of benzene rings is 2. The molecule has 1 fully saturated rings. The van der Waals surface area contributed by atoms with Gasteiger partial charge in [-0.05, 0) is 31.0 Å². The Bertz CT molecular complexity index is 1560. The van der Waals surface area contributed by atoms with Gasteiger partial charge in [0.2, 0.25) is 5.95 Å². The number of fused-ring (bicyclic) bond motifs is 1. The van der Waals surface area contributed by atoms with E-state index < -0.39 is 5.91 Å². The van der Waals surface area contributed by atoms with Crippen molar-refractivity contribution in [3.05, 3.63) is 77.4 Å². The third kappa shape index (κ3) is 3.89. The van der Waals surface area contributed by atoms with Crippen molar-refractivity contribution in [1.82, 2.24) is 19.7 Å². The maximum atomic E-state index is 12.3. The summed E-state index contributed by atoms with van der Waals surface area (Å²) in [5.74, 6) is 1.80. The molecule has 0 saturated heterocycles. The highest BCUT2D eigenvalue weighted by Crippen LogP contribution is 2.42. The standard InChI is InChI=1S/C26H22N6O2S/c1-34-19-10-6-5-9-17(19)22-23-20(35-24(22)25(27)33)14-28-26(30-23)29-21-13-18(15-11-12-15)31-32(21)16-7-3-2-4-8-16/h2-10,13-15H,11-12H2,1H3,(H2,27,33)(H,28,29,30). The van der Waals surface area contributed by atoms with E-state index in [1.54, 1.807) is 13.3 Å². The molecule has 3 N–H and O–H groups in total. The van der Waals surface area contributed by atoms with E-state index in [0.29, 0.717) is 33.6 Å². The van der Waals surface area contributed by atoms with Gasteiger partial charge in [0.05, 0.1) is 34.9 Å². The van der Waals surface area contributed by atoms with Crippen LogP contribution in [0, 0.1) is 0 Å². The number of hydrogen-bond donors (Lipinski definition) is 2. The van der Waals surface area contributed by atoms with E-state index >= 15 is 0 Å². The molecule has 35 heavy (non-hydrogen) atoms. The highest BCUT2D eigenvalue weighted by molar-refractivity contribution is 7.21. The van der Waals surface area contributed by atoms with Crippen molar-refractivity contribution in [3.63, 3.8) is 0 Å². The summed E-state index contributed by atoms with van der Waals surface area (Å²) in [6, 6.07) is 19.5. The van der Waals surface area contributed by atoms with Crippen LogP contribution in [0.4, 0.5) is 11.8 Å². The third-order valence-corrected chi connectivity index (χ3v) is 7.12. The first-order chi connectivity index (χ1) is 17.1. The minimum Gasteiger partial charge on any atom is -0.496 e. The number of hydrogen-bond acceptors (Lipinski definition) is 7. The van der Waals surface area contributed by atoms with Crippen LogP contribution in [0.5, 0.6) is 5.75 Å². The number of methoxy groups -OCH3 is 1. The first-order valence-corrected chi connectivity index (χ1v) is 12.1. The van der Waals surface area contributed by atoms with Crippen molar-refractivity contribution < 1.29 is 9.53 Å². The number of thiophene rings is 1. The summed E-state index contributed by atoms with van der Waals surface area (Å²) in [4.78, 5) is 22.1. The second kappa shape index (κ2) is 8.52. The molecule has 3 heterocycles. The van der Waals surface area contributed by atoms with Gasteiger partial charge in [-0.1, -0.05) is 36.4 Å². The molecular weight excluding hydrogens is 460 g/mol. The molecule has 0 atom stereocenters. The van der Waals surface area contributed by atoms with Gasteiger partial charge in [0, 0.05) is 23.1 Å². The van der Waals surface area contributed by atoms with Crippen molar-refractivity contribution in [2.45, 2.75) is 18.8 Å². The number of carbonyl (C=O) groups excluding carboxylic acids is 1. The normalized spacial score (nSPS) is 13.2. The lowest BCUT2D eigenvalue weighted by Crippen LogP contribution is -2.10. The van der Waals surface area contributed by atoms with Gasteiger partial charge < -0.3 is 15.8 Å². The highest BCUT2D eigenvalue weighted by Gasteiger charge is 2.28. The van der Waals surface area contributed by atoms with Crippen LogP contribution in [-0.4, -0.2) is 32.8 Å². The molecule has 5 aromatic rings. The lowest BCUT2D eigenvalue weighted by Gasteiger charge is -2.10. The molecule has 0 radical (unpaired) electrons. The van der Waals surface area contributed by atoms with E-state index in [4.69, 9.17) is 20.6 Å². The van der Waals surface area contributed by atoms with Crippen molar-refractivity contribution in [2.75, 3.05) is 12.4 Å². The van der Waals surface area contributed by atoms with Crippen LogP contribution < -0.4 is 15.8 Å². The number of para-hydroxylation sites is 2.